The van der Waals surface area contributed by atoms with Crippen LogP contribution in [0.25, 0.3) is 0 Å². The second-order valence-electron chi connectivity index (χ2n) is 4.46. The van der Waals surface area contributed by atoms with Gasteiger partial charge in [0, 0.05) is 26.2 Å². The molecular formula is C13H19ClN2O3. The summed E-state index contributed by atoms with van der Waals surface area (Å²) in [6, 6.07) is 3.90. The van der Waals surface area contributed by atoms with Crippen LogP contribution >= 0.6 is 11.6 Å². The van der Waals surface area contributed by atoms with E-state index >= 15 is 0 Å². The molecule has 1 atom stereocenters. The monoisotopic (exact) mass is 286 g/mol. The zero-order chi connectivity index (χ0) is 13.8. The SMILES string of the molecule is COCCN(C)C(CN)c1cc(Cl)c2c(c1)OCO2. The number of ether oxygens (including phenoxy) is 3. The van der Waals surface area contributed by atoms with Gasteiger partial charge in [-0.15, -0.1) is 0 Å². The fourth-order valence-electron chi connectivity index (χ4n) is 2.14. The van der Waals surface area contributed by atoms with Gasteiger partial charge in [0.25, 0.3) is 0 Å². The first kappa shape index (κ1) is 14.4. The molecule has 106 valence electrons. The molecule has 0 fully saturated rings. The van der Waals surface area contributed by atoms with Crippen LogP contribution < -0.4 is 15.2 Å². The quantitative estimate of drug-likeness (QED) is 0.862. The van der Waals surface area contributed by atoms with Crippen molar-refractivity contribution in [2.75, 3.05) is 40.6 Å². The third kappa shape index (κ3) is 3.12. The van der Waals surface area contributed by atoms with Crippen molar-refractivity contribution in [3.8, 4) is 11.5 Å². The second kappa shape index (κ2) is 6.43. The fraction of sp³-hybridized carbons (Fsp3) is 0.538. The highest BCUT2D eigenvalue weighted by molar-refractivity contribution is 6.32. The Morgan fingerprint density at radius 3 is 2.95 bits per heavy atom. The second-order valence-corrected chi connectivity index (χ2v) is 4.87. The molecular weight excluding hydrogens is 268 g/mol. The van der Waals surface area contributed by atoms with Crippen molar-refractivity contribution in [2.45, 2.75) is 6.04 Å². The zero-order valence-corrected chi connectivity index (χ0v) is 11.9. The minimum atomic E-state index is 0.0714. The molecule has 0 aromatic heterocycles. The Morgan fingerprint density at radius 1 is 1.47 bits per heavy atom. The number of methoxy groups -OCH3 is 1. The van der Waals surface area contributed by atoms with Gasteiger partial charge in [-0.2, -0.15) is 0 Å². The zero-order valence-electron chi connectivity index (χ0n) is 11.2. The molecule has 0 radical (unpaired) electrons. The predicted octanol–water partition coefficient (Wildman–Crippen LogP) is 1.65. The van der Waals surface area contributed by atoms with Gasteiger partial charge in [0.15, 0.2) is 11.5 Å². The van der Waals surface area contributed by atoms with E-state index in [9.17, 15) is 0 Å². The Kier molecular flexibility index (Phi) is 4.87. The number of nitrogens with zero attached hydrogens (tertiary/aromatic N) is 1. The van der Waals surface area contributed by atoms with Gasteiger partial charge in [-0.05, 0) is 24.7 Å². The van der Waals surface area contributed by atoms with Crippen LogP contribution in [-0.4, -0.2) is 45.5 Å². The van der Waals surface area contributed by atoms with E-state index in [1.807, 2.05) is 19.2 Å². The molecule has 0 saturated heterocycles. The number of nitrogens with two attached hydrogens (primary N) is 1. The summed E-state index contributed by atoms with van der Waals surface area (Å²) in [4.78, 5) is 2.14. The predicted molar refractivity (Wildman–Crippen MR) is 73.9 cm³/mol. The molecule has 0 amide bonds. The van der Waals surface area contributed by atoms with Gasteiger partial charge in [-0.1, -0.05) is 11.6 Å². The first-order chi connectivity index (χ1) is 9.17. The third-order valence-electron chi connectivity index (χ3n) is 3.24. The van der Waals surface area contributed by atoms with Gasteiger partial charge in [-0.25, -0.2) is 0 Å². The average Bonchev–Trinajstić information content (AvgIpc) is 2.86. The van der Waals surface area contributed by atoms with Crippen LogP contribution in [0, 0.1) is 0 Å². The van der Waals surface area contributed by atoms with Crippen molar-refractivity contribution < 1.29 is 14.2 Å². The van der Waals surface area contributed by atoms with E-state index in [1.165, 1.54) is 0 Å². The van der Waals surface area contributed by atoms with Crippen LogP contribution in [-0.2, 0) is 4.74 Å². The number of fused-ring (bicyclic) bond motifs is 1. The van der Waals surface area contributed by atoms with Gasteiger partial charge in [0.05, 0.1) is 11.6 Å². The third-order valence-corrected chi connectivity index (χ3v) is 3.52. The molecule has 0 spiro atoms. The highest BCUT2D eigenvalue weighted by atomic mass is 35.5. The maximum atomic E-state index is 6.20. The summed E-state index contributed by atoms with van der Waals surface area (Å²) in [5.74, 6) is 1.29. The number of benzene rings is 1. The van der Waals surface area contributed by atoms with Crippen molar-refractivity contribution in [3.63, 3.8) is 0 Å². The molecule has 1 heterocycles. The van der Waals surface area contributed by atoms with Gasteiger partial charge in [0.2, 0.25) is 6.79 Å². The summed E-state index contributed by atoms with van der Waals surface area (Å²) in [5, 5.41) is 0.559. The Labute approximate surface area is 118 Å². The van der Waals surface area contributed by atoms with E-state index in [2.05, 4.69) is 4.90 Å². The van der Waals surface area contributed by atoms with Crippen molar-refractivity contribution >= 4 is 11.6 Å². The molecule has 6 heteroatoms. The molecule has 0 saturated carbocycles. The van der Waals surface area contributed by atoms with E-state index in [0.717, 1.165) is 12.1 Å². The molecule has 1 unspecified atom stereocenters. The van der Waals surface area contributed by atoms with Crippen LogP contribution in [0.4, 0.5) is 0 Å². The Morgan fingerprint density at radius 2 is 2.26 bits per heavy atom. The number of hydrogen-bond acceptors (Lipinski definition) is 5. The minimum Gasteiger partial charge on any atom is -0.454 e. The summed E-state index contributed by atoms with van der Waals surface area (Å²) < 4.78 is 15.8. The molecule has 19 heavy (non-hydrogen) atoms. The molecule has 1 aliphatic rings. The van der Waals surface area contributed by atoms with Crippen LogP contribution in [0.2, 0.25) is 5.02 Å². The minimum absolute atomic E-state index is 0.0714. The molecule has 0 aliphatic carbocycles. The van der Waals surface area contributed by atoms with E-state index in [0.29, 0.717) is 29.7 Å². The highest BCUT2D eigenvalue weighted by Gasteiger charge is 2.23. The van der Waals surface area contributed by atoms with Crippen molar-refractivity contribution in [2.24, 2.45) is 5.73 Å². The maximum Gasteiger partial charge on any atom is 0.231 e. The topological polar surface area (TPSA) is 57.0 Å². The summed E-state index contributed by atoms with van der Waals surface area (Å²) in [7, 11) is 3.69. The Bertz CT molecular complexity index is 442. The molecule has 0 bridgehead atoms. The average molecular weight is 287 g/mol. The van der Waals surface area contributed by atoms with Crippen LogP contribution in [0.15, 0.2) is 12.1 Å². The Balaban J connectivity index is 2.21. The summed E-state index contributed by atoms with van der Waals surface area (Å²) in [6.45, 7) is 2.16. The summed E-state index contributed by atoms with van der Waals surface area (Å²) >= 11 is 6.20. The molecule has 2 N–H and O–H groups in total. The van der Waals surface area contributed by atoms with Crippen LogP contribution in [0.5, 0.6) is 11.5 Å². The summed E-state index contributed by atoms with van der Waals surface area (Å²) in [6.07, 6.45) is 0. The summed E-state index contributed by atoms with van der Waals surface area (Å²) in [5.41, 5.74) is 6.90. The van der Waals surface area contributed by atoms with Crippen molar-refractivity contribution in [3.05, 3.63) is 22.7 Å². The van der Waals surface area contributed by atoms with Gasteiger partial charge >= 0.3 is 0 Å². The van der Waals surface area contributed by atoms with Crippen molar-refractivity contribution in [1.82, 2.24) is 4.90 Å². The lowest BCUT2D eigenvalue weighted by Crippen LogP contribution is -2.32. The highest BCUT2D eigenvalue weighted by Crippen LogP contribution is 2.41. The fourth-order valence-corrected chi connectivity index (χ4v) is 2.42. The molecule has 1 aliphatic heterocycles. The van der Waals surface area contributed by atoms with Crippen LogP contribution in [0.3, 0.4) is 0 Å². The number of rotatable bonds is 6. The van der Waals surface area contributed by atoms with E-state index in [-0.39, 0.29) is 12.8 Å². The largest absolute Gasteiger partial charge is 0.454 e. The lowest BCUT2D eigenvalue weighted by molar-refractivity contribution is 0.140. The van der Waals surface area contributed by atoms with Gasteiger partial charge in [0.1, 0.15) is 0 Å². The van der Waals surface area contributed by atoms with Crippen LogP contribution in [0.1, 0.15) is 11.6 Å². The smallest absolute Gasteiger partial charge is 0.231 e. The van der Waals surface area contributed by atoms with Gasteiger partial charge < -0.3 is 19.9 Å². The maximum absolute atomic E-state index is 6.20. The number of likely N-dealkylation sites (N-methyl/N-ethyl adjacent to an activating group) is 1. The number of hydrogen-bond donors (Lipinski definition) is 1. The number of halogens is 1. The first-order valence-corrected chi connectivity index (χ1v) is 6.53. The Hall–Kier alpha value is -1.01. The van der Waals surface area contributed by atoms with E-state index < -0.39 is 0 Å². The van der Waals surface area contributed by atoms with E-state index in [4.69, 9.17) is 31.5 Å². The van der Waals surface area contributed by atoms with E-state index in [1.54, 1.807) is 7.11 Å². The van der Waals surface area contributed by atoms with Crippen molar-refractivity contribution in [1.29, 1.82) is 0 Å². The molecule has 1 aromatic carbocycles. The first-order valence-electron chi connectivity index (χ1n) is 6.15. The lowest BCUT2D eigenvalue weighted by Gasteiger charge is -2.27. The standard InChI is InChI=1S/C13H19ClN2O3/c1-16(3-4-17-2)11(7-15)9-5-10(14)13-12(6-9)18-8-19-13/h5-6,11H,3-4,7-8,15H2,1-2H3. The van der Waals surface area contributed by atoms with Gasteiger partial charge in [-0.3, -0.25) is 4.90 Å². The lowest BCUT2D eigenvalue weighted by atomic mass is 10.0. The molecule has 2 rings (SSSR count). The normalized spacial score (nSPS) is 15.0. The molecule has 1 aromatic rings. The molecule has 5 nitrogen and oxygen atoms in total.